The maximum Gasteiger partial charge on any atom is 0.266 e. The zero-order valence-electron chi connectivity index (χ0n) is 13.0. The molecule has 0 spiro atoms. The molecule has 0 heterocycles. The molecule has 0 fully saturated rings. The summed E-state index contributed by atoms with van der Waals surface area (Å²) in [6.07, 6.45) is 1.44. The molecule has 0 aliphatic carbocycles. The van der Waals surface area contributed by atoms with Crippen LogP contribution in [0.4, 0.5) is 5.69 Å². The van der Waals surface area contributed by atoms with Crippen molar-refractivity contribution in [2.45, 2.75) is 4.90 Å². The molecule has 2 aromatic carbocycles. The number of ether oxygens (including phenoxy) is 1. The third kappa shape index (κ3) is 4.01. The summed E-state index contributed by atoms with van der Waals surface area (Å²) in [7, 11) is -2.63. The van der Waals surface area contributed by atoms with Crippen LogP contribution in [0, 0.1) is 0 Å². The molecule has 134 valence electrons. The largest absolute Gasteiger partial charge is 0.495 e. The summed E-state index contributed by atoms with van der Waals surface area (Å²) in [5.41, 5.74) is 0.317. The number of hydrogen-bond donors (Lipinski definition) is 0. The van der Waals surface area contributed by atoms with Crippen molar-refractivity contribution < 1.29 is 13.2 Å². The van der Waals surface area contributed by atoms with Gasteiger partial charge in [-0.3, -0.25) is 4.31 Å². The molecule has 0 saturated carbocycles. The lowest BCUT2D eigenvalue weighted by Gasteiger charge is -2.24. The summed E-state index contributed by atoms with van der Waals surface area (Å²) in [5.74, 6) is 0.274. The Kier molecular flexibility index (Phi) is 6.51. The first-order valence-corrected chi connectivity index (χ1v) is 9.80. The highest BCUT2D eigenvalue weighted by molar-refractivity contribution is 7.93. The fourth-order valence-electron chi connectivity index (χ4n) is 2.09. The Morgan fingerprint density at radius 1 is 1.08 bits per heavy atom. The van der Waals surface area contributed by atoms with Crippen molar-refractivity contribution in [1.82, 2.24) is 0 Å². The van der Waals surface area contributed by atoms with Gasteiger partial charge in [-0.15, -0.1) is 6.58 Å². The zero-order chi connectivity index (χ0) is 18.8. The number of rotatable bonds is 6. The second-order valence-corrected chi connectivity index (χ2v) is 8.22. The number of hydrogen-bond acceptors (Lipinski definition) is 3. The lowest BCUT2D eigenvalue weighted by molar-refractivity contribution is 0.414. The van der Waals surface area contributed by atoms with E-state index in [0.717, 1.165) is 4.31 Å². The third-order valence-electron chi connectivity index (χ3n) is 3.29. The van der Waals surface area contributed by atoms with Gasteiger partial charge in [-0.2, -0.15) is 0 Å². The van der Waals surface area contributed by atoms with Gasteiger partial charge in [0.2, 0.25) is 0 Å². The number of sulfonamides is 1. The predicted molar refractivity (Wildman–Crippen MR) is 104 cm³/mol. The van der Waals surface area contributed by atoms with Crippen LogP contribution >= 0.6 is 46.4 Å². The number of methoxy groups -OCH3 is 1. The van der Waals surface area contributed by atoms with Crippen molar-refractivity contribution in [1.29, 1.82) is 0 Å². The van der Waals surface area contributed by atoms with Crippen LogP contribution < -0.4 is 9.04 Å². The van der Waals surface area contributed by atoms with Crippen LogP contribution in [0.5, 0.6) is 5.75 Å². The Hall–Kier alpha value is -1.11. The van der Waals surface area contributed by atoms with Crippen molar-refractivity contribution in [3.63, 3.8) is 0 Å². The minimum absolute atomic E-state index is 0.000270. The molecule has 0 aromatic heterocycles. The van der Waals surface area contributed by atoms with E-state index < -0.39 is 10.0 Å². The van der Waals surface area contributed by atoms with Gasteiger partial charge in [0.15, 0.2) is 0 Å². The zero-order valence-corrected chi connectivity index (χ0v) is 16.8. The second-order valence-electron chi connectivity index (χ2n) is 4.82. The first-order valence-electron chi connectivity index (χ1n) is 6.84. The van der Waals surface area contributed by atoms with Crippen molar-refractivity contribution in [3.05, 3.63) is 63.1 Å². The highest BCUT2D eigenvalue weighted by Gasteiger charge is 2.28. The lowest BCUT2D eigenvalue weighted by Crippen LogP contribution is -2.31. The van der Waals surface area contributed by atoms with Gasteiger partial charge >= 0.3 is 0 Å². The van der Waals surface area contributed by atoms with Crippen LogP contribution in [-0.2, 0) is 10.0 Å². The lowest BCUT2D eigenvalue weighted by atomic mass is 10.3. The topological polar surface area (TPSA) is 46.6 Å². The Morgan fingerprint density at radius 3 is 2.32 bits per heavy atom. The number of benzene rings is 2. The molecule has 2 rings (SSSR count). The molecule has 0 radical (unpaired) electrons. The fraction of sp³-hybridized carbons (Fsp3) is 0.125. The van der Waals surface area contributed by atoms with Gasteiger partial charge in [-0.25, -0.2) is 8.42 Å². The van der Waals surface area contributed by atoms with Crippen LogP contribution in [0.1, 0.15) is 0 Å². The van der Waals surface area contributed by atoms with Crippen molar-refractivity contribution in [2.75, 3.05) is 18.0 Å². The highest BCUT2D eigenvalue weighted by atomic mass is 35.5. The van der Waals surface area contributed by atoms with Gasteiger partial charge < -0.3 is 4.74 Å². The summed E-state index contributed by atoms with van der Waals surface area (Å²) in [6.45, 7) is 3.60. The van der Waals surface area contributed by atoms with E-state index >= 15 is 0 Å². The van der Waals surface area contributed by atoms with Gasteiger partial charge in [-0.05, 0) is 30.3 Å². The number of halogens is 4. The Balaban J connectivity index is 2.62. The number of nitrogens with zero attached hydrogens (tertiary/aromatic N) is 1. The predicted octanol–water partition coefficient (Wildman–Crippen LogP) is 5.69. The maximum absolute atomic E-state index is 13.1. The van der Waals surface area contributed by atoms with Gasteiger partial charge in [0.1, 0.15) is 15.7 Å². The average Bonchev–Trinajstić information content (AvgIpc) is 2.57. The van der Waals surface area contributed by atoms with Crippen molar-refractivity contribution in [3.8, 4) is 5.75 Å². The summed E-state index contributed by atoms with van der Waals surface area (Å²) in [4.78, 5) is -0.159. The van der Waals surface area contributed by atoms with Crippen molar-refractivity contribution in [2.24, 2.45) is 0 Å². The van der Waals surface area contributed by atoms with Gasteiger partial charge in [0, 0.05) is 0 Å². The molecule has 2 aromatic rings. The van der Waals surface area contributed by atoms with Crippen LogP contribution in [-0.4, -0.2) is 22.1 Å². The van der Waals surface area contributed by atoms with Crippen LogP contribution in [0.25, 0.3) is 0 Å². The number of anilines is 1. The van der Waals surface area contributed by atoms with E-state index in [1.807, 2.05) is 0 Å². The first kappa shape index (κ1) is 20.2. The van der Waals surface area contributed by atoms with Gasteiger partial charge in [0.05, 0.1) is 34.4 Å². The molecule has 0 aliphatic rings. The van der Waals surface area contributed by atoms with Crippen LogP contribution in [0.3, 0.4) is 0 Å². The molecule has 0 N–H and O–H groups in total. The van der Waals surface area contributed by atoms with E-state index in [1.165, 1.54) is 43.5 Å². The van der Waals surface area contributed by atoms with E-state index in [1.54, 1.807) is 0 Å². The standard InChI is InChI=1S/C16H13Cl4NO3S/c1-3-8-21(10-4-5-11(17)12(18)9-10)25(22,23)14-7-6-13(24-2)15(19)16(14)20/h3-7,9H,1,8H2,2H3. The first-order chi connectivity index (χ1) is 11.7. The van der Waals surface area contributed by atoms with Crippen LogP contribution in [0.15, 0.2) is 47.9 Å². The highest BCUT2D eigenvalue weighted by Crippen LogP contribution is 2.39. The third-order valence-corrected chi connectivity index (χ3v) is 6.84. The van der Waals surface area contributed by atoms with Crippen LogP contribution in [0.2, 0.25) is 20.1 Å². The van der Waals surface area contributed by atoms with E-state index in [-0.39, 0.29) is 32.3 Å². The molecule has 0 saturated heterocycles. The molecular weight excluding hydrogens is 428 g/mol. The maximum atomic E-state index is 13.1. The van der Waals surface area contributed by atoms with E-state index in [4.69, 9.17) is 51.1 Å². The van der Waals surface area contributed by atoms with Crippen molar-refractivity contribution >= 4 is 62.1 Å². The smallest absolute Gasteiger partial charge is 0.266 e. The summed E-state index contributed by atoms with van der Waals surface area (Å²) in [6, 6.07) is 7.25. The SMILES string of the molecule is C=CCN(c1ccc(Cl)c(Cl)c1)S(=O)(=O)c1ccc(OC)c(Cl)c1Cl. The molecule has 9 heteroatoms. The van der Waals surface area contributed by atoms with Gasteiger partial charge in [0.25, 0.3) is 10.0 Å². The second kappa shape index (κ2) is 8.06. The summed E-state index contributed by atoms with van der Waals surface area (Å²) >= 11 is 24.1. The Morgan fingerprint density at radius 2 is 1.76 bits per heavy atom. The molecular formula is C16H13Cl4NO3S. The molecule has 25 heavy (non-hydrogen) atoms. The van der Waals surface area contributed by atoms with E-state index in [0.29, 0.717) is 10.7 Å². The minimum Gasteiger partial charge on any atom is -0.495 e. The molecule has 4 nitrogen and oxygen atoms in total. The minimum atomic E-state index is -4.04. The summed E-state index contributed by atoms with van der Waals surface area (Å²) in [5, 5.41) is 0.419. The molecule has 0 bridgehead atoms. The van der Waals surface area contributed by atoms with Gasteiger partial charge in [-0.1, -0.05) is 52.5 Å². The van der Waals surface area contributed by atoms with E-state index in [9.17, 15) is 8.42 Å². The average molecular weight is 441 g/mol. The molecule has 0 atom stereocenters. The Bertz CT molecular complexity index is 916. The molecule has 0 unspecified atom stereocenters. The molecule has 0 aliphatic heterocycles. The quantitative estimate of drug-likeness (QED) is 0.542. The van der Waals surface area contributed by atoms with E-state index in [2.05, 4.69) is 6.58 Å². The molecule has 0 amide bonds. The Labute approximate surface area is 166 Å². The monoisotopic (exact) mass is 439 g/mol. The normalized spacial score (nSPS) is 11.2. The fourth-order valence-corrected chi connectivity index (χ4v) is 4.63. The summed E-state index contributed by atoms with van der Waals surface area (Å²) < 4.78 is 32.4.